The predicted octanol–water partition coefficient (Wildman–Crippen LogP) is 1.31. The van der Waals surface area contributed by atoms with Crippen molar-refractivity contribution in [2.24, 2.45) is 11.7 Å². The molecule has 0 unspecified atom stereocenters. The van der Waals surface area contributed by atoms with Gasteiger partial charge in [0, 0.05) is 19.1 Å². The highest BCUT2D eigenvalue weighted by atomic mass is 15.2. The maximum Gasteiger partial charge on any atom is 0.147 e. The Balaban J connectivity index is 1.74. The Hall–Kier alpha value is -1.16. The quantitative estimate of drug-likeness (QED) is 0.809. The molecular weight excluding hydrogens is 200 g/mol. The van der Waals surface area contributed by atoms with Gasteiger partial charge in [-0.2, -0.15) is 0 Å². The van der Waals surface area contributed by atoms with Gasteiger partial charge in [0.15, 0.2) is 0 Å². The van der Waals surface area contributed by atoms with Crippen LogP contribution in [0.25, 0.3) is 0 Å². The summed E-state index contributed by atoms with van der Waals surface area (Å²) >= 11 is 0. The first-order valence-corrected chi connectivity index (χ1v) is 6.14. The van der Waals surface area contributed by atoms with Crippen LogP contribution in [0, 0.1) is 5.92 Å². The zero-order valence-electron chi connectivity index (χ0n) is 9.47. The smallest absolute Gasteiger partial charge is 0.147 e. The van der Waals surface area contributed by atoms with Crippen molar-refractivity contribution in [3.05, 3.63) is 18.1 Å². The van der Waals surface area contributed by atoms with Gasteiger partial charge < -0.3 is 10.6 Å². The largest absolute Gasteiger partial charge is 0.352 e. The van der Waals surface area contributed by atoms with Crippen molar-refractivity contribution in [3.63, 3.8) is 0 Å². The zero-order valence-corrected chi connectivity index (χ0v) is 9.47. The Kier molecular flexibility index (Phi) is 2.52. The zero-order chi connectivity index (χ0) is 11.0. The fourth-order valence-corrected chi connectivity index (χ4v) is 2.00. The monoisotopic (exact) mass is 218 g/mol. The van der Waals surface area contributed by atoms with E-state index in [9.17, 15) is 0 Å². The second-order valence-electron chi connectivity index (χ2n) is 4.90. The molecule has 2 N–H and O–H groups in total. The number of nitrogens with zero attached hydrogens (tertiary/aromatic N) is 3. The van der Waals surface area contributed by atoms with E-state index in [1.807, 2.05) is 6.20 Å². The first-order chi connectivity index (χ1) is 7.86. The number of anilines is 1. The SMILES string of the molecule is NCc1cnc(N(CC2CC2)C2CC2)cn1. The number of rotatable bonds is 5. The van der Waals surface area contributed by atoms with Crippen molar-refractivity contribution in [2.45, 2.75) is 38.3 Å². The van der Waals surface area contributed by atoms with Gasteiger partial charge in [-0.15, -0.1) is 0 Å². The molecule has 2 fully saturated rings. The van der Waals surface area contributed by atoms with Gasteiger partial charge in [-0.25, -0.2) is 4.98 Å². The molecule has 1 aromatic heterocycles. The average molecular weight is 218 g/mol. The summed E-state index contributed by atoms with van der Waals surface area (Å²) in [5, 5.41) is 0. The summed E-state index contributed by atoms with van der Waals surface area (Å²) in [7, 11) is 0. The van der Waals surface area contributed by atoms with Crippen LogP contribution in [0.3, 0.4) is 0 Å². The summed E-state index contributed by atoms with van der Waals surface area (Å²) in [6.45, 7) is 1.64. The number of aromatic nitrogens is 2. The van der Waals surface area contributed by atoms with Crippen molar-refractivity contribution >= 4 is 5.82 Å². The lowest BCUT2D eigenvalue weighted by Gasteiger charge is -2.23. The normalized spacial score (nSPS) is 19.8. The first-order valence-electron chi connectivity index (χ1n) is 6.14. The molecular formula is C12H18N4. The van der Waals surface area contributed by atoms with E-state index in [2.05, 4.69) is 14.9 Å². The number of nitrogens with two attached hydrogens (primary N) is 1. The van der Waals surface area contributed by atoms with E-state index in [0.29, 0.717) is 6.54 Å². The van der Waals surface area contributed by atoms with E-state index in [-0.39, 0.29) is 0 Å². The lowest BCUT2D eigenvalue weighted by Crippen LogP contribution is -2.29. The van der Waals surface area contributed by atoms with Crippen LogP contribution < -0.4 is 10.6 Å². The molecule has 86 valence electrons. The predicted molar refractivity (Wildman–Crippen MR) is 63.0 cm³/mol. The fourth-order valence-electron chi connectivity index (χ4n) is 2.00. The molecule has 2 aliphatic carbocycles. The molecule has 0 amide bonds. The van der Waals surface area contributed by atoms with Crippen LogP contribution in [0.2, 0.25) is 0 Å². The van der Waals surface area contributed by atoms with E-state index >= 15 is 0 Å². The van der Waals surface area contributed by atoms with Crippen LogP contribution in [0.15, 0.2) is 12.4 Å². The minimum Gasteiger partial charge on any atom is -0.352 e. The molecule has 0 aliphatic heterocycles. The molecule has 0 saturated heterocycles. The number of hydrogen-bond acceptors (Lipinski definition) is 4. The third-order valence-electron chi connectivity index (χ3n) is 3.33. The molecule has 0 radical (unpaired) electrons. The van der Waals surface area contributed by atoms with Crippen LogP contribution >= 0.6 is 0 Å². The van der Waals surface area contributed by atoms with Crippen molar-refractivity contribution < 1.29 is 0 Å². The van der Waals surface area contributed by atoms with Gasteiger partial charge >= 0.3 is 0 Å². The van der Waals surface area contributed by atoms with Crippen LogP contribution in [0.1, 0.15) is 31.4 Å². The maximum absolute atomic E-state index is 5.52. The molecule has 1 heterocycles. The van der Waals surface area contributed by atoms with Gasteiger partial charge in [-0.1, -0.05) is 0 Å². The van der Waals surface area contributed by atoms with E-state index in [1.54, 1.807) is 6.20 Å². The van der Waals surface area contributed by atoms with Crippen LogP contribution in [-0.2, 0) is 6.54 Å². The summed E-state index contributed by atoms with van der Waals surface area (Å²) in [5.41, 5.74) is 6.39. The van der Waals surface area contributed by atoms with Gasteiger partial charge in [-0.3, -0.25) is 4.98 Å². The highest BCUT2D eigenvalue weighted by Gasteiger charge is 2.34. The average Bonchev–Trinajstić information content (AvgIpc) is 3.16. The van der Waals surface area contributed by atoms with Crippen molar-refractivity contribution in [1.82, 2.24) is 9.97 Å². The lowest BCUT2D eigenvalue weighted by molar-refractivity contribution is 0.705. The van der Waals surface area contributed by atoms with Crippen LogP contribution in [-0.4, -0.2) is 22.6 Å². The lowest BCUT2D eigenvalue weighted by atomic mass is 10.3. The Morgan fingerprint density at radius 2 is 2.00 bits per heavy atom. The molecule has 16 heavy (non-hydrogen) atoms. The minimum absolute atomic E-state index is 0.472. The maximum atomic E-state index is 5.52. The molecule has 4 nitrogen and oxygen atoms in total. The third kappa shape index (κ3) is 2.16. The van der Waals surface area contributed by atoms with E-state index in [4.69, 9.17) is 5.73 Å². The fraction of sp³-hybridized carbons (Fsp3) is 0.667. The highest BCUT2D eigenvalue weighted by Crippen LogP contribution is 2.36. The van der Waals surface area contributed by atoms with Crippen molar-refractivity contribution in [2.75, 3.05) is 11.4 Å². The van der Waals surface area contributed by atoms with E-state index in [0.717, 1.165) is 23.5 Å². The first kappa shape index (κ1) is 10.0. The Morgan fingerprint density at radius 1 is 1.19 bits per heavy atom. The van der Waals surface area contributed by atoms with Gasteiger partial charge in [0.25, 0.3) is 0 Å². The second kappa shape index (κ2) is 4.01. The molecule has 2 aliphatic rings. The molecule has 2 saturated carbocycles. The molecule has 4 heteroatoms. The van der Waals surface area contributed by atoms with E-state index < -0.39 is 0 Å². The summed E-state index contributed by atoms with van der Waals surface area (Å²) in [5.74, 6) is 1.93. The van der Waals surface area contributed by atoms with Gasteiger partial charge in [0.2, 0.25) is 0 Å². The molecule has 3 rings (SSSR count). The second-order valence-corrected chi connectivity index (χ2v) is 4.90. The number of hydrogen-bond donors (Lipinski definition) is 1. The highest BCUT2D eigenvalue weighted by molar-refractivity contribution is 5.39. The molecule has 0 spiro atoms. The molecule has 0 bridgehead atoms. The molecule has 0 atom stereocenters. The Labute approximate surface area is 95.9 Å². The Bertz CT molecular complexity index is 354. The standard InChI is InChI=1S/C12H18N4/c13-5-10-6-15-12(7-14-10)16(11-3-4-11)8-9-1-2-9/h6-7,9,11H,1-5,8,13H2. The third-order valence-corrected chi connectivity index (χ3v) is 3.33. The van der Waals surface area contributed by atoms with Gasteiger partial charge in [-0.05, 0) is 31.6 Å². The summed E-state index contributed by atoms with van der Waals surface area (Å²) in [6.07, 6.45) is 9.08. The van der Waals surface area contributed by atoms with Crippen LogP contribution in [0.5, 0.6) is 0 Å². The minimum atomic E-state index is 0.472. The van der Waals surface area contributed by atoms with Gasteiger partial charge in [0.05, 0.1) is 18.1 Å². The van der Waals surface area contributed by atoms with Crippen molar-refractivity contribution in [3.8, 4) is 0 Å². The topological polar surface area (TPSA) is 55.0 Å². The summed E-state index contributed by atoms with van der Waals surface area (Å²) in [6, 6.07) is 0.721. The summed E-state index contributed by atoms with van der Waals surface area (Å²) < 4.78 is 0. The molecule has 0 aromatic carbocycles. The molecule has 1 aromatic rings. The van der Waals surface area contributed by atoms with Gasteiger partial charge in [0.1, 0.15) is 5.82 Å². The van der Waals surface area contributed by atoms with E-state index in [1.165, 1.54) is 32.2 Å². The van der Waals surface area contributed by atoms with Crippen molar-refractivity contribution in [1.29, 1.82) is 0 Å². The van der Waals surface area contributed by atoms with Crippen LogP contribution in [0.4, 0.5) is 5.82 Å². The summed E-state index contributed by atoms with van der Waals surface area (Å²) in [4.78, 5) is 11.2. The Morgan fingerprint density at radius 3 is 2.50 bits per heavy atom.